The van der Waals surface area contributed by atoms with Gasteiger partial charge < -0.3 is 10.2 Å². The number of hydrogen-bond donors (Lipinski definition) is 2. The van der Waals surface area contributed by atoms with Crippen molar-refractivity contribution in [3.63, 3.8) is 0 Å². The second-order valence-corrected chi connectivity index (χ2v) is 8.83. The highest BCUT2D eigenvalue weighted by atomic mass is 32.1. The lowest BCUT2D eigenvalue weighted by Crippen LogP contribution is -3.10. The maximum atomic E-state index is 12.7. The zero-order valence-corrected chi connectivity index (χ0v) is 17.1. The van der Waals surface area contributed by atoms with Gasteiger partial charge in [0.1, 0.15) is 13.1 Å². The molecule has 0 aliphatic heterocycles. The van der Waals surface area contributed by atoms with Crippen LogP contribution in [-0.2, 0) is 17.9 Å². The van der Waals surface area contributed by atoms with Crippen LogP contribution in [-0.4, -0.2) is 12.5 Å². The molecule has 3 aromatic rings. The molecule has 2 N–H and O–H groups in total. The van der Waals surface area contributed by atoms with E-state index in [0.717, 1.165) is 29.9 Å². The van der Waals surface area contributed by atoms with Crippen molar-refractivity contribution < 1.29 is 9.69 Å². The third-order valence-corrected chi connectivity index (χ3v) is 6.11. The molecular weight excluding hydrogens is 360 g/mol. The lowest BCUT2D eigenvalue weighted by Gasteiger charge is -2.19. The van der Waals surface area contributed by atoms with Crippen LogP contribution in [0.5, 0.6) is 0 Å². The van der Waals surface area contributed by atoms with Crippen LogP contribution in [0, 0.1) is 20.8 Å². The van der Waals surface area contributed by atoms with Crippen LogP contribution >= 0.6 is 22.7 Å². The summed E-state index contributed by atoms with van der Waals surface area (Å²) in [7, 11) is 0. The highest BCUT2D eigenvalue weighted by molar-refractivity contribution is 7.10. The van der Waals surface area contributed by atoms with Crippen molar-refractivity contribution in [3.8, 4) is 0 Å². The molecule has 2 aromatic heterocycles. The van der Waals surface area contributed by atoms with E-state index in [2.05, 4.69) is 73.2 Å². The van der Waals surface area contributed by atoms with E-state index in [1.165, 1.54) is 20.2 Å². The van der Waals surface area contributed by atoms with E-state index in [1.807, 2.05) is 0 Å². The van der Waals surface area contributed by atoms with Gasteiger partial charge in [-0.2, -0.15) is 0 Å². The first kappa shape index (κ1) is 18.8. The van der Waals surface area contributed by atoms with Crippen molar-refractivity contribution >= 4 is 34.3 Å². The Bertz CT molecular complexity index is 795. The zero-order chi connectivity index (χ0) is 18.5. The summed E-state index contributed by atoms with van der Waals surface area (Å²) in [5.74, 6) is 0.0724. The summed E-state index contributed by atoms with van der Waals surface area (Å²) in [6.45, 7) is 8.39. The van der Waals surface area contributed by atoms with Gasteiger partial charge in [-0.15, -0.1) is 22.7 Å². The Morgan fingerprint density at radius 2 is 1.50 bits per heavy atom. The number of hydrogen-bond acceptors (Lipinski definition) is 3. The van der Waals surface area contributed by atoms with Gasteiger partial charge in [-0.3, -0.25) is 4.79 Å². The molecule has 2 heterocycles. The van der Waals surface area contributed by atoms with Crippen molar-refractivity contribution in [3.05, 3.63) is 73.6 Å². The van der Waals surface area contributed by atoms with Gasteiger partial charge in [0.2, 0.25) is 0 Å². The molecule has 1 amide bonds. The molecule has 0 atom stereocenters. The highest BCUT2D eigenvalue weighted by Crippen LogP contribution is 2.21. The number of carbonyl (C=O) groups excluding carboxylic acids is 1. The molecule has 0 radical (unpaired) electrons. The second-order valence-electron chi connectivity index (χ2n) is 6.76. The van der Waals surface area contributed by atoms with Gasteiger partial charge >= 0.3 is 0 Å². The summed E-state index contributed by atoms with van der Waals surface area (Å²) < 4.78 is 0. The number of amides is 1. The number of carbonyl (C=O) groups is 1. The molecule has 0 bridgehead atoms. The van der Waals surface area contributed by atoms with Crippen molar-refractivity contribution in [1.29, 1.82) is 0 Å². The van der Waals surface area contributed by atoms with Gasteiger partial charge in [0, 0.05) is 5.69 Å². The van der Waals surface area contributed by atoms with Crippen LogP contribution in [0.4, 0.5) is 5.69 Å². The molecule has 3 nitrogen and oxygen atoms in total. The number of rotatable bonds is 7. The third-order valence-electron chi connectivity index (χ3n) is 4.36. The summed E-state index contributed by atoms with van der Waals surface area (Å²) in [4.78, 5) is 16.6. The molecule has 0 aliphatic carbocycles. The van der Waals surface area contributed by atoms with E-state index in [4.69, 9.17) is 0 Å². The van der Waals surface area contributed by atoms with E-state index in [1.54, 1.807) is 22.7 Å². The first-order valence-corrected chi connectivity index (χ1v) is 10.5. The fourth-order valence-electron chi connectivity index (χ4n) is 3.29. The summed E-state index contributed by atoms with van der Waals surface area (Å²) in [5.41, 5.74) is 4.41. The number of quaternary nitrogens is 1. The monoisotopic (exact) mass is 385 g/mol. The molecule has 0 spiro atoms. The Labute approximate surface area is 163 Å². The molecule has 0 saturated carbocycles. The smallest absolute Gasteiger partial charge is 0.279 e. The molecule has 0 aliphatic rings. The van der Waals surface area contributed by atoms with Crippen LogP contribution in [0.15, 0.2) is 47.2 Å². The Balaban J connectivity index is 1.70. The third kappa shape index (κ3) is 5.04. The average molecular weight is 386 g/mol. The molecular formula is C21H25N2OS2+. The van der Waals surface area contributed by atoms with Gasteiger partial charge in [0.25, 0.3) is 5.91 Å². The summed E-state index contributed by atoms with van der Waals surface area (Å²) in [6, 6.07) is 12.7. The minimum atomic E-state index is 0.0724. The summed E-state index contributed by atoms with van der Waals surface area (Å²) in [5, 5.41) is 7.33. The first-order chi connectivity index (χ1) is 12.5. The lowest BCUT2D eigenvalue weighted by molar-refractivity contribution is -0.918. The van der Waals surface area contributed by atoms with Crippen molar-refractivity contribution in [2.75, 3.05) is 11.9 Å². The van der Waals surface area contributed by atoms with Crippen LogP contribution in [0.1, 0.15) is 26.4 Å². The van der Waals surface area contributed by atoms with Crippen molar-refractivity contribution in [2.24, 2.45) is 0 Å². The van der Waals surface area contributed by atoms with Gasteiger partial charge in [-0.05, 0) is 54.8 Å². The van der Waals surface area contributed by atoms with Gasteiger partial charge in [0.05, 0.1) is 9.75 Å². The summed E-state index contributed by atoms with van der Waals surface area (Å²) >= 11 is 3.50. The largest absolute Gasteiger partial charge is 0.321 e. The maximum Gasteiger partial charge on any atom is 0.279 e. The van der Waals surface area contributed by atoms with Gasteiger partial charge in [-0.25, -0.2) is 0 Å². The van der Waals surface area contributed by atoms with Crippen LogP contribution < -0.4 is 10.2 Å². The van der Waals surface area contributed by atoms with Gasteiger partial charge in [0.15, 0.2) is 6.54 Å². The molecule has 0 saturated heterocycles. The van der Waals surface area contributed by atoms with Crippen molar-refractivity contribution in [1.82, 2.24) is 0 Å². The molecule has 0 unspecified atom stereocenters. The van der Waals surface area contributed by atoms with Crippen molar-refractivity contribution in [2.45, 2.75) is 33.9 Å². The zero-order valence-electron chi connectivity index (χ0n) is 15.5. The Kier molecular flexibility index (Phi) is 6.25. The molecule has 0 fully saturated rings. The minimum absolute atomic E-state index is 0.0724. The standard InChI is InChI=1S/C21H24N2OS2/c1-15-10-16(2)21(17(3)11-15)22-20(24)14-23(12-18-6-4-8-25-18)13-19-7-5-9-26-19/h4-11H,12-14H2,1-3H3,(H,22,24)/p+1. The van der Waals surface area contributed by atoms with Crippen LogP contribution in [0.25, 0.3) is 0 Å². The fourth-order valence-corrected chi connectivity index (χ4v) is 4.85. The van der Waals surface area contributed by atoms with E-state index >= 15 is 0 Å². The first-order valence-electron chi connectivity index (χ1n) is 8.77. The highest BCUT2D eigenvalue weighted by Gasteiger charge is 2.18. The predicted octanol–water partition coefficient (Wildman–Crippen LogP) is 3.96. The maximum absolute atomic E-state index is 12.7. The van der Waals surface area contributed by atoms with E-state index in [9.17, 15) is 4.79 Å². The van der Waals surface area contributed by atoms with E-state index in [-0.39, 0.29) is 5.91 Å². The predicted molar refractivity (Wildman–Crippen MR) is 111 cm³/mol. The molecule has 3 rings (SSSR count). The SMILES string of the molecule is Cc1cc(C)c(NC(=O)C[NH+](Cc2cccs2)Cc2cccs2)c(C)c1. The molecule has 136 valence electrons. The normalized spacial score (nSPS) is 11.1. The molecule has 1 aromatic carbocycles. The van der Waals surface area contributed by atoms with Gasteiger partial charge in [-0.1, -0.05) is 29.8 Å². The van der Waals surface area contributed by atoms with Crippen LogP contribution in [0.2, 0.25) is 0 Å². The fraction of sp³-hybridized carbons (Fsp3) is 0.286. The Hall–Kier alpha value is -1.95. The Morgan fingerprint density at radius 1 is 0.962 bits per heavy atom. The quantitative estimate of drug-likeness (QED) is 0.634. The number of aryl methyl sites for hydroxylation is 3. The number of thiophene rings is 2. The average Bonchev–Trinajstić information content (AvgIpc) is 3.24. The van der Waals surface area contributed by atoms with E-state index in [0.29, 0.717) is 6.54 Å². The number of benzene rings is 1. The molecule has 26 heavy (non-hydrogen) atoms. The van der Waals surface area contributed by atoms with Crippen LogP contribution in [0.3, 0.4) is 0 Å². The number of anilines is 1. The topological polar surface area (TPSA) is 33.5 Å². The molecule has 5 heteroatoms. The summed E-state index contributed by atoms with van der Waals surface area (Å²) in [6.07, 6.45) is 0. The lowest BCUT2D eigenvalue weighted by atomic mass is 10.1. The number of nitrogens with one attached hydrogen (secondary N) is 2. The Morgan fingerprint density at radius 3 is 1.96 bits per heavy atom. The van der Waals surface area contributed by atoms with E-state index < -0.39 is 0 Å². The second kappa shape index (κ2) is 8.62. The minimum Gasteiger partial charge on any atom is -0.321 e.